The predicted molar refractivity (Wildman–Crippen MR) is 72.9 cm³/mol. The van der Waals surface area contributed by atoms with Crippen molar-refractivity contribution in [3.63, 3.8) is 0 Å². The van der Waals surface area contributed by atoms with Crippen LogP contribution < -0.4 is 5.32 Å². The summed E-state index contributed by atoms with van der Waals surface area (Å²) in [5.41, 5.74) is 0. The summed E-state index contributed by atoms with van der Waals surface area (Å²) >= 11 is 0. The van der Waals surface area contributed by atoms with Crippen LogP contribution in [0.4, 0.5) is 0 Å². The molecule has 3 atom stereocenters. The maximum Gasteiger partial charge on any atom is 0.0700 e. The van der Waals surface area contributed by atoms with Crippen molar-refractivity contribution in [1.82, 2.24) is 10.2 Å². The third-order valence-corrected chi connectivity index (χ3v) is 4.15. The van der Waals surface area contributed by atoms with Crippen molar-refractivity contribution in [3.05, 3.63) is 0 Å². The standard InChI is InChI=1S/C14H28N2O2/c1-3-13-11-17-8-6-16(13)12(2)9-15-10-14-5-4-7-18-14/h12-15H,3-11H2,1-2H3. The lowest BCUT2D eigenvalue weighted by Crippen LogP contribution is -2.52. The largest absolute Gasteiger partial charge is 0.378 e. The molecule has 4 nitrogen and oxygen atoms in total. The van der Waals surface area contributed by atoms with E-state index in [0.29, 0.717) is 18.2 Å². The van der Waals surface area contributed by atoms with Gasteiger partial charge in [-0.2, -0.15) is 0 Å². The lowest BCUT2D eigenvalue weighted by atomic mass is 10.1. The summed E-state index contributed by atoms with van der Waals surface area (Å²) in [5, 5.41) is 3.56. The predicted octanol–water partition coefficient (Wildman–Crippen LogP) is 1.25. The van der Waals surface area contributed by atoms with E-state index >= 15 is 0 Å². The summed E-state index contributed by atoms with van der Waals surface area (Å²) in [6.07, 6.45) is 4.07. The van der Waals surface area contributed by atoms with Gasteiger partial charge in [0.2, 0.25) is 0 Å². The molecule has 18 heavy (non-hydrogen) atoms. The normalized spacial score (nSPS) is 31.7. The molecular formula is C14H28N2O2. The Morgan fingerprint density at radius 1 is 1.39 bits per heavy atom. The summed E-state index contributed by atoms with van der Waals surface area (Å²) < 4.78 is 11.2. The first kappa shape index (κ1) is 14.3. The number of hydrogen-bond donors (Lipinski definition) is 1. The number of rotatable bonds is 6. The van der Waals surface area contributed by atoms with Crippen LogP contribution in [0.25, 0.3) is 0 Å². The van der Waals surface area contributed by atoms with Crippen LogP contribution in [-0.2, 0) is 9.47 Å². The summed E-state index contributed by atoms with van der Waals surface area (Å²) in [7, 11) is 0. The van der Waals surface area contributed by atoms with Crippen molar-refractivity contribution < 1.29 is 9.47 Å². The lowest BCUT2D eigenvalue weighted by molar-refractivity contribution is -0.0266. The molecule has 2 heterocycles. The smallest absolute Gasteiger partial charge is 0.0700 e. The third-order valence-electron chi connectivity index (χ3n) is 4.15. The molecule has 0 aromatic carbocycles. The zero-order valence-electron chi connectivity index (χ0n) is 11.9. The SMILES string of the molecule is CCC1COCCN1C(C)CNCC1CCCO1. The molecule has 3 unspecified atom stereocenters. The molecule has 0 amide bonds. The topological polar surface area (TPSA) is 33.7 Å². The molecule has 0 aromatic rings. The van der Waals surface area contributed by atoms with Crippen LogP contribution in [0.3, 0.4) is 0 Å². The molecule has 2 rings (SSSR count). The summed E-state index contributed by atoms with van der Waals surface area (Å²) in [6.45, 7) is 10.4. The number of morpholine rings is 1. The molecule has 0 radical (unpaired) electrons. The fraction of sp³-hybridized carbons (Fsp3) is 1.00. The molecule has 4 heteroatoms. The minimum Gasteiger partial charge on any atom is -0.378 e. The van der Waals surface area contributed by atoms with Gasteiger partial charge in [-0.15, -0.1) is 0 Å². The van der Waals surface area contributed by atoms with E-state index in [2.05, 4.69) is 24.1 Å². The van der Waals surface area contributed by atoms with Gasteiger partial charge >= 0.3 is 0 Å². The Morgan fingerprint density at radius 2 is 2.28 bits per heavy atom. The highest BCUT2D eigenvalue weighted by Crippen LogP contribution is 2.14. The van der Waals surface area contributed by atoms with Gasteiger partial charge in [0.05, 0.1) is 19.3 Å². The Hall–Kier alpha value is -0.160. The zero-order valence-corrected chi connectivity index (χ0v) is 11.9. The average molecular weight is 256 g/mol. The first-order valence-electron chi connectivity index (χ1n) is 7.47. The van der Waals surface area contributed by atoms with Crippen molar-refractivity contribution >= 4 is 0 Å². The second-order valence-electron chi connectivity index (χ2n) is 5.52. The Labute approximate surface area is 111 Å². The molecule has 2 aliphatic heterocycles. The van der Waals surface area contributed by atoms with Gasteiger partial charge in [-0.25, -0.2) is 0 Å². The van der Waals surface area contributed by atoms with E-state index in [9.17, 15) is 0 Å². The number of nitrogens with zero attached hydrogens (tertiary/aromatic N) is 1. The number of ether oxygens (including phenoxy) is 2. The van der Waals surface area contributed by atoms with Crippen LogP contribution >= 0.6 is 0 Å². The summed E-state index contributed by atoms with van der Waals surface area (Å²) in [4.78, 5) is 2.59. The monoisotopic (exact) mass is 256 g/mol. The van der Waals surface area contributed by atoms with E-state index in [1.807, 2.05) is 0 Å². The molecular weight excluding hydrogens is 228 g/mol. The van der Waals surface area contributed by atoms with E-state index in [4.69, 9.17) is 9.47 Å². The van der Waals surface area contributed by atoms with Crippen LogP contribution in [0.1, 0.15) is 33.1 Å². The maximum absolute atomic E-state index is 5.63. The van der Waals surface area contributed by atoms with E-state index in [0.717, 1.165) is 39.5 Å². The molecule has 0 saturated carbocycles. The fourth-order valence-electron chi connectivity index (χ4n) is 2.98. The average Bonchev–Trinajstić information content (AvgIpc) is 2.91. The highest BCUT2D eigenvalue weighted by Gasteiger charge is 2.25. The third kappa shape index (κ3) is 3.92. The molecule has 0 aliphatic carbocycles. The molecule has 106 valence electrons. The van der Waals surface area contributed by atoms with Gasteiger partial charge in [0.25, 0.3) is 0 Å². The first-order valence-corrected chi connectivity index (χ1v) is 7.47. The van der Waals surface area contributed by atoms with Crippen LogP contribution in [0.15, 0.2) is 0 Å². The Bertz CT molecular complexity index is 232. The fourth-order valence-corrected chi connectivity index (χ4v) is 2.98. The molecule has 0 bridgehead atoms. The van der Waals surface area contributed by atoms with E-state index in [1.165, 1.54) is 19.3 Å². The molecule has 1 N–H and O–H groups in total. The molecule has 0 spiro atoms. The minimum atomic E-state index is 0.448. The molecule has 2 saturated heterocycles. The quantitative estimate of drug-likeness (QED) is 0.775. The lowest BCUT2D eigenvalue weighted by Gasteiger charge is -2.39. The second-order valence-corrected chi connectivity index (χ2v) is 5.52. The zero-order chi connectivity index (χ0) is 12.8. The number of hydrogen-bond acceptors (Lipinski definition) is 4. The van der Waals surface area contributed by atoms with Gasteiger partial charge in [-0.1, -0.05) is 6.92 Å². The van der Waals surface area contributed by atoms with Crippen LogP contribution in [0.5, 0.6) is 0 Å². The van der Waals surface area contributed by atoms with Gasteiger partial charge in [0.15, 0.2) is 0 Å². The minimum absolute atomic E-state index is 0.448. The van der Waals surface area contributed by atoms with Crippen LogP contribution in [-0.4, -0.2) is 62.5 Å². The van der Waals surface area contributed by atoms with Gasteiger partial charge in [-0.05, 0) is 26.2 Å². The summed E-state index contributed by atoms with van der Waals surface area (Å²) in [6, 6.07) is 1.18. The molecule has 2 fully saturated rings. The van der Waals surface area contributed by atoms with Crippen LogP contribution in [0.2, 0.25) is 0 Å². The van der Waals surface area contributed by atoms with E-state index in [1.54, 1.807) is 0 Å². The highest BCUT2D eigenvalue weighted by molar-refractivity contribution is 4.80. The number of nitrogens with one attached hydrogen (secondary N) is 1. The van der Waals surface area contributed by atoms with Gasteiger partial charge in [0.1, 0.15) is 0 Å². The van der Waals surface area contributed by atoms with Crippen molar-refractivity contribution in [3.8, 4) is 0 Å². The van der Waals surface area contributed by atoms with Gasteiger partial charge < -0.3 is 14.8 Å². The molecule has 2 aliphatic rings. The highest BCUT2D eigenvalue weighted by atomic mass is 16.5. The van der Waals surface area contributed by atoms with Gasteiger partial charge in [-0.3, -0.25) is 4.90 Å². The van der Waals surface area contributed by atoms with E-state index < -0.39 is 0 Å². The maximum atomic E-state index is 5.63. The Balaban J connectivity index is 1.67. The first-order chi connectivity index (χ1) is 8.81. The second kappa shape index (κ2) is 7.43. The van der Waals surface area contributed by atoms with Crippen molar-refractivity contribution in [2.75, 3.05) is 39.5 Å². The Kier molecular flexibility index (Phi) is 5.89. The summed E-state index contributed by atoms with van der Waals surface area (Å²) in [5.74, 6) is 0. The van der Waals surface area contributed by atoms with Crippen molar-refractivity contribution in [2.45, 2.75) is 51.3 Å². The van der Waals surface area contributed by atoms with Crippen molar-refractivity contribution in [1.29, 1.82) is 0 Å². The van der Waals surface area contributed by atoms with Crippen LogP contribution in [0, 0.1) is 0 Å². The van der Waals surface area contributed by atoms with E-state index in [-0.39, 0.29) is 0 Å². The van der Waals surface area contributed by atoms with Gasteiger partial charge in [0, 0.05) is 38.3 Å². The molecule has 0 aromatic heterocycles. The Morgan fingerprint density at radius 3 is 3.00 bits per heavy atom. The van der Waals surface area contributed by atoms with Crippen molar-refractivity contribution in [2.24, 2.45) is 0 Å².